The molecular weight excluding hydrogens is 534 g/mol. The number of carbonyl (C=O) groups is 2. The highest BCUT2D eigenvalue weighted by Gasteiger charge is 2.34. The van der Waals surface area contributed by atoms with Crippen LogP contribution in [0.4, 0.5) is 16.5 Å². The van der Waals surface area contributed by atoms with E-state index in [1.807, 2.05) is 25.1 Å². The van der Waals surface area contributed by atoms with E-state index in [9.17, 15) is 18.0 Å². The summed E-state index contributed by atoms with van der Waals surface area (Å²) in [5, 5.41) is 2.65. The van der Waals surface area contributed by atoms with Gasteiger partial charge >= 0.3 is 0 Å². The van der Waals surface area contributed by atoms with E-state index in [0.29, 0.717) is 23.8 Å². The predicted octanol–water partition coefficient (Wildman–Crippen LogP) is 4.11. The van der Waals surface area contributed by atoms with Crippen LogP contribution in [0.3, 0.4) is 0 Å². The Morgan fingerprint density at radius 1 is 1.16 bits per heavy atom. The number of fused-ring (bicyclic) bond motifs is 1. The maximum atomic E-state index is 13.4. The number of aromatic nitrogens is 1. The highest BCUT2D eigenvalue weighted by molar-refractivity contribution is 7.93. The maximum absolute atomic E-state index is 13.4. The number of rotatable bonds is 6. The number of halogens is 1. The topological polar surface area (TPSA) is 103 Å². The molecular formula is C25H30ClN5O4S2. The summed E-state index contributed by atoms with van der Waals surface area (Å²) in [5.41, 5.74) is 2.73. The van der Waals surface area contributed by atoms with Crippen LogP contribution in [0.1, 0.15) is 21.8 Å². The summed E-state index contributed by atoms with van der Waals surface area (Å²) >= 11 is 7.34. The zero-order valence-electron chi connectivity index (χ0n) is 20.1. The number of nitrogens with zero attached hydrogens (tertiary/aromatic N) is 4. The highest BCUT2D eigenvalue weighted by atomic mass is 35.5. The Kier molecular flexibility index (Phi) is 7.11. The van der Waals surface area contributed by atoms with Crippen LogP contribution in [0.2, 0.25) is 5.02 Å². The second-order valence-electron chi connectivity index (χ2n) is 8.99. The summed E-state index contributed by atoms with van der Waals surface area (Å²) in [5.74, 6) is -0.306. The molecule has 5 rings (SSSR count). The van der Waals surface area contributed by atoms with Crippen molar-refractivity contribution in [2.45, 2.75) is 30.7 Å². The van der Waals surface area contributed by atoms with Gasteiger partial charge in [-0.2, -0.15) is 0 Å². The molecule has 1 saturated heterocycles. The number of thiazole rings is 1. The molecule has 12 heteroatoms. The van der Waals surface area contributed by atoms with Gasteiger partial charge in [-0.15, -0.1) is 11.3 Å². The number of sulfonamides is 1. The molecule has 37 heavy (non-hydrogen) atoms. The maximum Gasteiger partial charge on any atom is 0.263 e. The number of benzene rings is 2. The molecule has 0 aliphatic carbocycles. The number of hydrogen-bond donors (Lipinski definition) is 1. The lowest BCUT2D eigenvalue weighted by Crippen LogP contribution is -2.57. The largest absolute Gasteiger partial charge is 0.360 e. The quantitative estimate of drug-likeness (QED) is 0.484. The molecule has 0 unspecified atom stereocenters. The van der Waals surface area contributed by atoms with Gasteiger partial charge in [0.2, 0.25) is 11.8 Å². The van der Waals surface area contributed by atoms with E-state index in [-0.39, 0.29) is 31.2 Å². The van der Waals surface area contributed by atoms with Crippen LogP contribution in [0.25, 0.3) is 0 Å². The molecule has 0 bridgehead atoms. The Morgan fingerprint density at radius 3 is 2.65 bits per heavy atom. The molecule has 9 nitrogen and oxygen atoms in total. The molecule has 1 aromatic heterocycles. The van der Waals surface area contributed by atoms with E-state index < -0.39 is 16.1 Å². The lowest BCUT2D eigenvalue weighted by atomic mass is 10.00. The Labute approximate surface area is 227 Å². The first-order chi connectivity index (χ1) is 17.7. The number of amides is 2. The Balaban J connectivity index is 0.00000210. The molecule has 0 saturated carbocycles. The van der Waals surface area contributed by atoms with Gasteiger partial charge in [0.15, 0.2) is 5.13 Å². The summed E-state index contributed by atoms with van der Waals surface area (Å²) in [4.78, 5) is 35.6. The summed E-state index contributed by atoms with van der Waals surface area (Å²) in [6.45, 7) is 3.33. The molecule has 2 aromatic carbocycles. The van der Waals surface area contributed by atoms with Crippen molar-refractivity contribution in [2.24, 2.45) is 0 Å². The SMILES string of the molecule is C[C@@H](C(=O)N1CCN(c2ccc(S(=O)(=O)Nc3nccs3)cc2)C(=O)C1)N1CCCc2cc(Cl)ccc21.[HH].[HH]. The second-order valence-corrected chi connectivity index (χ2v) is 12.0. The molecule has 1 N–H and O–H groups in total. The fourth-order valence-electron chi connectivity index (χ4n) is 4.78. The van der Waals surface area contributed by atoms with Crippen molar-refractivity contribution in [2.75, 3.05) is 40.7 Å². The average molecular weight is 564 g/mol. The molecule has 2 amide bonds. The molecule has 198 valence electrons. The van der Waals surface area contributed by atoms with E-state index in [0.717, 1.165) is 30.6 Å². The lowest BCUT2D eigenvalue weighted by molar-refractivity contribution is -0.137. The number of nitrogens with one attached hydrogen (secondary N) is 1. The third-order valence-electron chi connectivity index (χ3n) is 6.67. The minimum atomic E-state index is -3.78. The average Bonchev–Trinajstić information content (AvgIpc) is 3.39. The molecule has 0 radical (unpaired) electrons. The number of anilines is 3. The Bertz CT molecular complexity index is 1420. The first-order valence-electron chi connectivity index (χ1n) is 11.9. The van der Waals surface area contributed by atoms with Crippen LogP contribution >= 0.6 is 22.9 Å². The first kappa shape index (κ1) is 25.5. The van der Waals surface area contributed by atoms with Gasteiger partial charge < -0.3 is 14.7 Å². The van der Waals surface area contributed by atoms with Gasteiger partial charge in [0.05, 0.1) is 4.90 Å². The van der Waals surface area contributed by atoms with E-state index in [2.05, 4.69) is 14.6 Å². The van der Waals surface area contributed by atoms with Gasteiger partial charge in [-0.05, 0) is 67.8 Å². The Hall–Kier alpha value is -3.15. The van der Waals surface area contributed by atoms with Crippen LogP contribution in [-0.4, -0.2) is 62.3 Å². The highest BCUT2D eigenvalue weighted by Crippen LogP contribution is 2.31. The number of hydrogen-bond acceptors (Lipinski definition) is 7. The van der Waals surface area contributed by atoms with Crippen molar-refractivity contribution in [1.82, 2.24) is 9.88 Å². The third-order valence-corrected chi connectivity index (χ3v) is 9.07. The van der Waals surface area contributed by atoms with Crippen molar-refractivity contribution >= 4 is 61.3 Å². The van der Waals surface area contributed by atoms with E-state index in [1.165, 1.54) is 29.7 Å². The van der Waals surface area contributed by atoms with Gasteiger partial charge in [0, 0.05) is 50.5 Å². The molecule has 2 aliphatic heterocycles. The van der Waals surface area contributed by atoms with Crippen molar-refractivity contribution in [1.29, 1.82) is 0 Å². The zero-order chi connectivity index (χ0) is 26.2. The summed E-state index contributed by atoms with van der Waals surface area (Å²) in [6.07, 6.45) is 3.37. The van der Waals surface area contributed by atoms with Gasteiger partial charge in [0.25, 0.3) is 10.0 Å². The predicted molar refractivity (Wildman–Crippen MR) is 149 cm³/mol. The second kappa shape index (κ2) is 10.3. The van der Waals surface area contributed by atoms with Crippen LogP contribution in [0.15, 0.2) is 58.9 Å². The van der Waals surface area contributed by atoms with Crippen LogP contribution < -0.4 is 14.5 Å². The van der Waals surface area contributed by atoms with Crippen molar-refractivity contribution < 1.29 is 20.9 Å². The summed E-state index contributed by atoms with van der Waals surface area (Å²) in [7, 11) is -3.78. The van der Waals surface area contributed by atoms with Crippen LogP contribution in [0.5, 0.6) is 0 Å². The molecule has 3 aromatic rings. The molecule has 1 fully saturated rings. The first-order valence-corrected chi connectivity index (χ1v) is 14.6. The number of carbonyl (C=O) groups excluding carboxylic acids is 2. The monoisotopic (exact) mass is 563 g/mol. The fourth-order valence-corrected chi connectivity index (χ4v) is 6.77. The van der Waals surface area contributed by atoms with Crippen molar-refractivity contribution in [3.63, 3.8) is 0 Å². The van der Waals surface area contributed by atoms with Gasteiger partial charge in [-0.1, -0.05) is 11.6 Å². The third kappa shape index (κ3) is 5.29. The van der Waals surface area contributed by atoms with Gasteiger partial charge in [0.1, 0.15) is 12.6 Å². The summed E-state index contributed by atoms with van der Waals surface area (Å²) < 4.78 is 27.6. The van der Waals surface area contributed by atoms with Crippen LogP contribution in [0, 0.1) is 0 Å². The zero-order valence-corrected chi connectivity index (χ0v) is 22.5. The Morgan fingerprint density at radius 2 is 1.95 bits per heavy atom. The normalized spacial score (nSPS) is 16.9. The minimum absolute atomic E-state index is 0. The van der Waals surface area contributed by atoms with Crippen LogP contribution in [-0.2, 0) is 26.0 Å². The van der Waals surface area contributed by atoms with Gasteiger partial charge in [-0.25, -0.2) is 13.4 Å². The van der Waals surface area contributed by atoms with E-state index >= 15 is 0 Å². The molecule has 2 aliphatic rings. The minimum Gasteiger partial charge on any atom is -0.360 e. The van der Waals surface area contributed by atoms with Crippen molar-refractivity contribution in [3.05, 3.63) is 64.6 Å². The molecule has 1 atom stereocenters. The molecule has 0 spiro atoms. The van der Waals surface area contributed by atoms with Crippen molar-refractivity contribution in [3.8, 4) is 0 Å². The standard InChI is InChI=1S/C25H26ClN5O4S2.2H2/c1-17(30-11-2-3-18-15-19(26)4-9-22(18)30)24(33)29-12-13-31(23(32)16-29)20-5-7-21(8-6-20)37(34,35)28-25-27-10-14-36-25;;/h4-10,14-15,17H,2-3,11-13,16H2,1H3,(H,27,28);2*1H/t17-;;/m0../s1. The summed E-state index contributed by atoms with van der Waals surface area (Å²) in [6, 6.07) is 11.5. The molecule has 3 heterocycles. The van der Waals surface area contributed by atoms with E-state index in [1.54, 1.807) is 27.3 Å². The van der Waals surface area contributed by atoms with Gasteiger partial charge in [-0.3, -0.25) is 14.3 Å². The smallest absolute Gasteiger partial charge is 0.263 e. The lowest BCUT2D eigenvalue weighted by Gasteiger charge is -2.40. The number of aryl methyl sites for hydroxylation is 1. The number of piperazine rings is 1. The van der Waals surface area contributed by atoms with E-state index in [4.69, 9.17) is 11.6 Å². The fraction of sp³-hybridized carbons (Fsp3) is 0.320.